The van der Waals surface area contributed by atoms with Crippen LogP contribution in [-0.4, -0.2) is 27.4 Å². The van der Waals surface area contributed by atoms with Crippen molar-refractivity contribution in [2.45, 2.75) is 6.92 Å². The van der Waals surface area contributed by atoms with Crippen LogP contribution in [0.5, 0.6) is 0 Å². The lowest BCUT2D eigenvalue weighted by Gasteiger charge is -2.18. The van der Waals surface area contributed by atoms with Crippen molar-refractivity contribution in [3.63, 3.8) is 0 Å². The number of nitrogens with zero attached hydrogens (tertiary/aromatic N) is 6. The SMILES string of the molecule is C=CC1(C)C=CC(n2c3ccc(-n4c5ccccc5c5ccccc54)cc3c3cc(-n4c5ccccc5c5ccccc54)ccc32)=CC(n2c3ccc(-n4c5ccccc5c5ccccc54)cc3c3cc(-n4c5ccccc5c5ccccc54)ccc32)=C1. The molecule has 0 bridgehead atoms. The fraction of sp³-hybridized carbons (Fsp3) is 0.0244. The maximum absolute atomic E-state index is 4.51. The van der Waals surface area contributed by atoms with E-state index in [1.165, 1.54) is 98.0 Å². The molecule has 1 unspecified atom stereocenters. The first-order valence-electron chi connectivity index (χ1n) is 30.4. The Morgan fingerprint density at radius 3 is 0.739 bits per heavy atom. The van der Waals surface area contributed by atoms with Crippen molar-refractivity contribution in [1.82, 2.24) is 27.4 Å². The van der Waals surface area contributed by atoms with Crippen LogP contribution < -0.4 is 0 Å². The molecule has 0 saturated carbocycles. The van der Waals surface area contributed by atoms with Crippen LogP contribution in [0.4, 0.5) is 0 Å². The number of para-hydroxylation sites is 8. The number of hydrogen-bond acceptors (Lipinski definition) is 0. The first-order valence-corrected chi connectivity index (χ1v) is 30.4. The summed E-state index contributed by atoms with van der Waals surface area (Å²) in [6.45, 7) is 6.78. The van der Waals surface area contributed by atoms with E-state index in [0.29, 0.717) is 0 Å². The first kappa shape index (κ1) is 48.7. The molecular weight excluding hydrogens is 1070 g/mol. The number of rotatable bonds is 7. The van der Waals surface area contributed by atoms with Gasteiger partial charge in [-0.05, 0) is 146 Å². The van der Waals surface area contributed by atoms with E-state index in [9.17, 15) is 0 Å². The van der Waals surface area contributed by atoms with Crippen molar-refractivity contribution in [2.24, 2.45) is 5.41 Å². The van der Waals surface area contributed by atoms with Crippen molar-refractivity contribution in [1.29, 1.82) is 0 Å². The molecule has 6 nitrogen and oxygen atoms in total. The summed E-state index contributed by atoms with van der Waals surface area (Å²) in [7, 11) is 0. The number of allylic oxidation sites excluding steroid dienone is 7. The predicted molar refractivity (Wildman–Crippen MR) is 372 cm³/mol. The van der Waals surface area contributed by atoms with E-state index in [0.717, 1.165) is 67.0 Å². The summed E-state index contributed by atoms with van der Waals surface area (Å²) in [5.41, 5.74) is 19.9. The smallest absolute Gasteiger partial charge is 0.0542 e. The lowest BCUT2D eigenvalue weighted by molar-refractivity contribution is 0.719. The monoisotopic (exact) mass is 1120 g/mol. The van der Waals surface area contributed by atoms with Gasteiger partial charge >= 0.3 is 0 Å². The Kier molecular flexibility index (Phi) is 10.1. The van der Waals surface area contributed by atoms with E-state index in [1.54, 1.807) is 0 Å². The molecule has 19 rings (SSSR count). The highest BCUT2D eigenvalue weighted by atomic mass is 15.0. The number of fused-ring (bicyclic) bond motifs is 18. The van der Waals surface area contributed by atoms with Gasteiger partial charge in [-0.15, -0.1) is 6.58 Å². The van der Waals surface area contributed by atoms with Gasteiger partial charge in [-0.2, -0.15) is 0 Å². The molecule has 12 aromatic carbocycles. The Bertz CT molecular complexity index is 5620. The largest absolute Gasteiger partial charge is 0.309 e. The van der Waals surface area contributed by atoms with Gasteiger partial charge in [-0.3, -0.25) is 0 Å². The molecule has 0 N–H and O–H groups in total. The molecule has 0 fully saturated rings. The molecule has 0 amide bonds. The molecule has 0 radical (unpaired) electrons. The summed E-state index contributed by atoms with van der Waals surface area (Å²) in [5, 5.41) is 14.6. The maximum Gasteiger partial charge on any atom is 0.0542 e. The van der Waals surface area contributed by atoms with Crippen LogP contribution >= 0.6 is 0 Å². The maximum atomic E-state index is 4.51. The topological polar surface area (TPSA) is 29.6 Å². The van der Waals surface area contributed by atoms with Crippen molar-refractivity contribution < 1.29 is 0 Å². The summed E-state index contributed by atoms with van der Waals surface area (Å²) in [4.78, 5) is 0. The molecule has 1 aliphatic rings. The fourth-order valence-corrected chi connectivity index (χ4v) is 15.2. The minimum atomic E-state index is -0.519. The van der Waals surface area contributed by atoms with Gasteiger partial charge in [0.25, 0.3) is 0 Å². The molecule has 88 heavy (non-hydrogen) atoms. The van der Waals surface area contributed by atoms with Gasteiger partial charge in [0.2, 0.25) is 0 Å². The highest BCUT2D eigenvalue weighted by Gasteiger charge is 2.26. The number of hydrogen-bond donors (Lipinski definition) is 0. The molecule has 0 saturated heterocycles. The standard InChI is InChI=1S/C82H54N6/c1-3-82(2)45-44-56(87-78-40-36-52(83-70-28-12-4-20-58(70)59-21-5-13-29-71(59)83)47-66(78)67-48-53(37-41-79(67)87)84-72-30-14-6-22-60(72)61-23-7-15-31-73(61)84)46-57(51-82)88-80-42-38-54(85-74-32-16-8-24-62(74)63-25-9-17-33-75(63)85)49-68(80)69-50-55(39-43-81(69)88)86-76-34-18-10-26-64(76)65-27-11-19-35-77(65)86/h3-51H,1H2,2H3. The van der Waals surface area contributed by atoms with Gasteiger partial charge < -0.3 is 27.4 Å². The molecule has 6 aromatic heterocycles. The average Bonchev–Trinajstić information content (AvgIpc) is 1.81. The average molecular weight is 1120 g/mol. The third-order valence-corrected chi connectivity index (χ3v) is 19.1. The molecule has 18 aromatic rings. The minimum Gasteiger partial charge on any atom is -0.309 e. The summed E-state index contributed by atoms with van der Waals surface area (Å²) in [6.07, 6.45) is 11.5. The second kappa shape index (κ2) is 18.2. The van der Waals surface area contributed by atoms with Crippen LogP contribution in [0.2, 0.25) is 0 Å². The molecule has 0 spiro atoms. The molecule has 412 valence electrons. The van der Waals surface area contributed by atoms with Gasteiger partial charge in [0.05, 0.1) is 66.2 Å². The van der Waals surface area contributed by atoms with Crippen LogP contribution in [-0.2, 0) is 0 Å². The number of benzene rings is 12. The van der Waals surface area contributed by atoms with Gasteiger partial charge in [0, 0.05) is 104 Å². The molecule has 0 aliphatic heterocycles. The second-order valence-corrected chi connectivity index (χ2v) is 24.0. The summed E-state index contributed by atoms with van der Waals surface area (Å²) in [6, 6.07) is 98.7. The lowest BCUT2D eigenvalue weighted by atomic mass is 9.90. The molecule has 6 heteroatoms. The van der Waals surface area contributed by atoms with Gasteiger partial charge in [-0.1, -0.05) is 158 Å². The van der Waals surface area contributed by atoms with Crippen molar-refractivity contribution in [3.8, 4) is 22.7 Å². The summed E-state index contributed by atoms with van der Waals surface area (Å²) >= 11 is 0. The third-order valence-electron chi connectivity index (χ3n) is 19.1. The van der Waals surface area contributed by atoms with Crippen molar-refractivity contribution in [2.75, 3.05) is 0 Å². The van der Waals surface area contributed by atoms with Gasteiger partial charge in [0.15, 0.2) is 0 Å². The highest BCUT2D eigenvalue weighted by molar-refractivity contribution is 6.18. The second-order valence-electron chi connectivity index (χ2n) is 24.0. The molecule has 1 aliphatic carbocycles. The Labute approximate surface area is 505 Å². The molecule has 6 heterocycles. The van der Waals surface area contributed by atoms with Crippen molar-refractivity contribution in [3.05, 3.63) is 304 Å². The zero-order valence-corrected chi connectivity index (χ0v) is 48.2. The van der Waals surface area contributed by atoms with Crippen LogP contribution in [0.3, 0.4) is 0 Å². The Hall–Kier alpha value is -11.6. The number of aromatic nitrogens is 6. The van der Waals surface area contributed by atoms with E-state index in [2.05, 4.69) is 338 Å². The zero-order valence-electron chi connectivity index (χ0n) is 48.2. The van der Waals surface area contributed by atoms with E-state index < -0.39 is 5.41 Å². The summed E-state index contributed by atoms with van der Waals surface area (Å²) < 4.78 is 14.7. The minimum absolute atomic E-state index is 0.519. The Morgan fingerprint density at radius 2 is 0.489 bits per heavy atom. The predicted octanol–water partition coefficient (Wildman–Crippen LogP) is 21.4. The zero-order chi connectivity index (χ0) is 57.9. The highest BCUT2D eigenvalue weighted by Crippen LogP contribution is 2.45. The Balaban J connectivity index is 0.875. The normalized spacial score (nSPS) is 14.8. The van der Waals surface area contributed by atoms with Crippen LogP contribution in [0.15, 0.2) is 304 Å². The van der Waals surface area contributed by atoms with Gasteiger partial charge in [0.1, 0.15) is 0 Å². The first-order chi connectivity index (χ1) is 43.5. The Morgan fingerprint density at radius 1 is 0.261 bits per heavy atom. The molecular formula is C82H54N6. The van der Waals surface area contributed by atoms with Crippen LogP contribution in [0, 0.1) is 5.41 Å². The van der Waals surface area contributed by atoms with Crippen LogP contribution in [0.1, 0.15) is 6.92 Å². The molecule has 1 atom stereocenters. The van der Waals surface area contributed by atoms with E-state index in [1.807, 2.05) is 0 Å². The van der Waals surface area contributed by atoms with E-state index in [4.69, 9.17) is 0 Å². The quantitative estimate of drug-likeness (QED) is 0.142. The van der Waals surface area contributed by atoms with E-state index in [-0.39, 0.29) is 0 Å². The van der Waals surface area contributed by atoms with Crippen LogP contribution in [0.25, 0.3) is 165 Å². The third kappa shape index (κ3) is 6.82. The van der Waals surface area contributed by atoms with E-state index >= 15 is 0 Å². The summed E-state index contributed by atoms with van der Waals surface area (Å²) in [5.74, 6) is 0. The van der Waals surface area contributed by atoms with Gasteiger partial charge in [-0.25, -0.2) is 0 Å². The van der Waals surface area contributed by atoms with Crippen molar-refractivity contribution >= 4 is 142 Å². The lowest BCUT2D eigenvalue weighted by Crippen LogP contribution is -2.07. The fourth-order valence-electron chi connectivity index (χ4n) is 15.2.